The molecule has 0 amide bonds. The van der Waals surface area contributed by atoms with Crippen molar-refractivity contribution in [3.05, 3.63) is 34.1 Å². The Balaban J connectivity index is 1.90. The smallest absolute Gasteiger partial charge is 0.341 e. The molecule has 138 valence electrons. The van der Waals surface area contributed by atoms with Gasteiger partial charge in [-0.05, 0) is 32.3 Å². The highest BCUT2D eigenvalue weighted by atomic mass is 16.5. The molecule has 0 bridgehead atoms. The molecule has 2 aromatic rings. The Morgan fingerprint density at radius 2 is 2.19 bits per heavy atom. The average molecular weight is 357 g/mol. The van der Waals surface area contributed by atoms with E-state index in [0.717, 1.165) is 25.2 Å². The highest BCUT2D eigenvalue weighted by Crippen LogP contribution is 2.37. The standard InChI is InChI=1S/C19H23N3O4/c1-10-9-26-16-6-13(21-4-3-12(7-21)11(2)20)5-14-17(16)22(10)8-15(18(14)23)19(24)25/h5-6,8,10-12H,3-4,7,9,20H2,1-2H3,(H,24,25)/t10-,11-,12+/m0/s1. The summed E-state index contributed by atoms with van der Waals surface area (Å²) in [4.78, 5) is 26.5. The predicted octanol–water partition coefficient (Wildman–Crippen LogP) is 1.83. The summed E-state index contributed by atoms with van der Waals surface area (Å²) < 4.78 is 7.72. The summed E-state index contributed by atoms with van der Waals surface area (Å²) in [6, 6.07) is 3.83. The van der Waals surface area contributed by atoms with Crippen LogP contribution >= 0.6 is 0 Å². The Morgan fingerprint density at radius 3 is 2.85 bits per heavy atom. The average Bonchev–Trinajstić information content (AvgIpc) is 3.09. The monoisotopic (exact) mass is 357 g/mol. The van der Waals surface area contributed by atoms with Crippen LogP contribution in [-0.4, -0.2) is 41.4 Å². The molecule has 2 aliphatic rings. The van der Waals surface area contributed by atoms with Crippen LogP contribution in [0.2, 0.25) is 0 Å². The number of hydrogen-bond donors (Lipinski definition) is 2. The summed E-state index contributed by atoms with van der Waals surface area (Å²) >= 11 is 0. The van der Waals surface area contributed by atoms with Gasteiger partial charge in [-0.15, -0.1) is 0 Å². The number of nitrogens with zero attached hydrogens (tertiary/aromatic N) is 2. The topological polar surface area (TPSA) is 97.8 Å². The zero-order chi connectivity index (χ0) is 18.6. The highest BCUT2D eigenvalue weighted by molar-refractivity contribution is 5.96. The molecule has 1 aromatic heterocycles. The summed E-state index contributed by atoms with van der Waals surface area (Å²) in [5.74, 6) is -0.164. The van der Waals surface area contributed by atoms with Gasteiger partial charge >= 0.3 is 5.97 Å². The molecule has 7 heteroatoms. The lowest BCUT2D eigenvalue weighted by Gasteiger charge is -2.29. The molecular formula is C19H23N3O4. The van der Waals surface area contributed by atoms with E-state index in [4.69, 9.17) is 10.5 Å². The van der Waals surface area contributed by atoms with Crippen LogP contribution in [0.15, 0.2) is 23.1 Å². The maximum absolute atomic E-state index is 12.8. The number of rotatable bonds is 3. The lowest BCUT2D eigenvalue weighted by molar-refractivity contribution is 0.0694. The minimum atomic E-state index is -1.20. The van der Waals surface area contributed by atoms with E-state index in [1.54, 1.807) is 6.07 Å². The number of benzene rings is 1. The van der Waals surface area contributed by atoms with Crippen LogP contribution in [-0.2, 0) is 0 Å². The largest absolute Gasteiger partial charge is 0.489 e. The SMILES string of the molecule is C[C@H](N)[C@@H]1CCN(c2cc3c4c(c2)c(=O)c(C(=O)O)cn4[C@@H](C)CO3)C1. The summed E-state index contributed by atoms with van der Waals surface area (Å²) in [5.41, 5.74) is 6.92. The van der Waals surface area contributed by atoms with Gasteiger partial charge in [0.15, 0.2) is 0 Å². The van der Waals surface area contributed by atoms with Crippen molar-refractivity contribution in [2.24, 2.45) is 11.7 Å². The maximum Gasteiger partial charge on any atom is 0.341 e. The van der Waals surface area contributed by atoms with Crippen LogP contribution in [0, 0.1) is 5.92 Å². The third-order valence-electron chi connectivity index (χ3n) is 5.59. The molecule has 1 fully saturated rings. The van der Waals surface area contributed by atoms with Crippen LogP contribution in [0.1, 0.15) is 36.7 Å². The Hall–Kier alpha value is -2.54. The Morgan fingerprint density at radius 1 is 1.42 bits per heavy atom. The number of anilines is 1. The van der Waals surface area contributed by atoms with Crippen molar-refractivity contribution >= 4 is 22.6 Å². The summed E-state index contributed by atoms with van der Waals surface area (Å²) in [6.45, 7) is 6.09. The molecule has 0 aliphatic carbocycles. The zero-order valence-electron chi connectivity index (χ0n) is 14.9. The fourth-order valence-electron chi connectivity index (χ4n) is 3.97. The summed E-state index contributed by atoms with van der Waals surface area (Å²) in [6.07, 6.45) is 2.44. The second-order valence-corrected chi connectivity index (χ2v) is 7.44. The van der Waals surface area contributed by atoms with E-state index in [0.29, 0.717) is 29.2 Å². The third-order valence-corrected chi connectivity index (χ3v) is 5.59. The number of ether oxygens (including phenoxy) is 1. The molecule has 0 unspecified atom stereocenters. The molecule has 0 radical (unpaired) electrons. The van der Waals surface area contributed by atoms with Crippen molar-refractivity contribution in [1.82, 2.24) is 4.57 Å². The lowest BCUT2D eigenvalue weighted by atomic mass is 10.0. The molecular weight excluding hydrogens is 334 g/mol. The third kappa shape index (κ3) is 2.54. The fourth-order valence-corrected chi connectivity index (χ4v) is 3.97. The number of aromatic carboxylic acids is 1. The highest BCUT2D eigenvalue weighted by Gasteiger charge is 2.29. The van der Waals surface area contributed by atoms with E-state index < -0.39 is 11.4 Å². The van der Waals surface area contributed by atoms with Gasteiger partial charge in [0.25, 0.3) is 0 Å². The van der Waals surface area contributed by atoms with Crippen LogP contribution in [0.3, 0.4) is 0 Å². The minimum Gasteiger partial charge on any atom is -0.489 e. The van der Waals surface area contributed by atoms with Crippen molar-refractivity contribution in [2.45, 2.75) is 32.4 Å². The maximum atomic E-state index is 12.8. The van der Waals surface area contributed by atoms with Gasteiger partial charge in [0.1, 0.15) is 17.9 Å². The predicted molar refractivity (Wildman–Crippen MR) is 99.3 cm³/mol. The molecule has 2 aliphatic heterocycles. The number of carboxylic acid groups (broad SMARTS) is 1. The molecule has 3 heterocycles. The van der Waals surface area contributed by atoms with Gasteiger partial charge in [-0.3, -0.25) is 4.79 Å². The quantitative estimate of drug-likeness (QED) is 0.870. The normalized spacial score (nSPS) is 23.1. The van der Waals surface area contributed by atoms with Gasteiger partial charge in [-0.25, -0.2) is 4.79 Å². The molecule has 7 nitrogen and oxygen atoms in total. The van der Waals surface area contributed by atoms with Gasteiger partial charge in [-0.2, -0.15) is 0 Å². The molecule has 3 N–H and O–H groups in total. The molecule has 4 rings (SSSR count). The number of pyridine rings is 1. The van der Waals surface area contributed by atoms with Crippen LogP contribution in [0.25, 0.3) is 10.9 Å². The first-order valence-electron chi connectivity index (χ1n) is 8.96. The second-order valence-electron chi connectivity index (χ2n) is 7.44. The van der Waals surface area contributed by atoms with Crippen LogP contribution in [0.5, 0.6) is 5.75 Å². The molecule has 0 saturated carbocycles. The number of carboxylic acids is 1. The van der Waals surface area contributed by atoms with Crippen molar-refractivity contribution in [1.29, 1.82) is 0 Å². The zero-order valence-corrected chi connectivity index (χ0v) is 14.9. The van der Waals surface area contributed by atoms with Crippen molar-refractivity contribution in [3.8, 4) is 5.75 Å². The van der Waals surface area contributed by atoms with E-state index in [9.17, 15) is 14.7 Å². The van der Waals surface area contributed by atoms with Crippen molar-refractivity contribution in [3.63, 3.8) is 0 Å². The first-order valence-corrected chi connectivity index (χ1v) is 8.96. The summed E-state index contributed by atoms with van der Waals surface area (Å²) in [5, 5.41) is 9.82. The molecule has 26 heavy (non-hydrogen) atoms. The summed E-state index contributed by atoms with van der Waals surface area (Å²) in [7, 11) is 0. The molecule has 0 spiro atoms. The van der Waals surface area contributed by atoms with Crippen LogP contribution in [0.4, 0.5) is 5.69 Å². The molecule has 3 atom stereocenters. The van der Waals surface area contributed by atoms with E-state index in [1.165, 1.54) is 6.20 Å². The van der Waals surface area contributed by atoms with Gasteiger partial charge in [0, 0.05) is 37.1 Å². The lowest BCUT2D eigenvalue weighted by Crippen LogP contribution is -2.30. The van der Waals surface area contributed by atoms with Gasteiger partial charge in [0.2, 0.25) is 5.43 Å². The fraction of sp³-hybridized carbons (Fsp3) is 0.474. The van der Waals surface area contributed by atoms with Gasteiger partial charge in [-0.1, -0.05) is 0 Å². The first-order chi connectivity index (χ1) is 12.4. The second kappa shape index (κ2) is 6.02. The first kappa shape index (κ1) is 16.9. The number of nitrogens with two attached hydrogens (primary N) is 1. The van der Waals surface area contributed by atoms with E-state index in [2.05, 4.69) is 4.90 Å². The van der Waals surface area contributed by atoms with Crippen LogP contribution < -0.4 is 20.8 Å². The van der Waals surface area contributed by atoms with Crippen molar-refractivity contribution < 1.29 is 14.6 Å². The number of aromatic nitrogens is 1. The van der Waals surface area contributed by atoms with E-state index >= 15 is 0 Å². The Bertz CT molecular complexity index is 950. The molecule has 1 aromatic carbocycles. The van der Waals surface area contributed by atoms with Gasteiger partial charge in [0.05, 0.1) is 16.9 Å². The van der Waals surface area contributed by atoms with Gasteiger partial charge < -0.3 is 25.0 Å². The Labute approximate surface area is 151 Å². The van der Waals surface area contributed by atoms with E-state index in [1.807, 2.05) is 24.5 Å². The van der Waals surface area contributed by atoms with E-state index in [-0.39, 0.29) is 17.6 Å². The van der Waals surface area contributed by atoms with Crippen molar-refractivity contribution in [2.75, 3.05) is 24.6 Å². The Kier molecular flexibility index (Phi) is 3.91. The number of carbonyl (C=O) groups is 1. The number of hydrogen-bond acceptors (Lipinski definition) is 5. The minimum absolute atomic E-state index is 0.0381. The molecule has 1 saturated heterocycles.